The van der Waals surface area contributed by atoms with Crippen molar-refractivity contribution in [2.45, 2.75) is 12.8 Å². The first kappa shape index (κ1) is 16.3. The summed E-state index contributed by atoms with van der Waals surface area (Å²) < 4.78 is 10.4. The normalized spacial score (nSPS) is 15.3. The lowest BCUT2D eigenvalue weighted by molar-refractivity contribution is -0.130. The molecule has 0 spiro atoms. The zero-order chi connectivity index (χ0) is 16.9. The molecule has 1 aliphatic rings. The predicted molar refractivity (Wildman–Crippen MR) is 94.3 cm³/mol. The lowest BCUT2D eigenvalue weighted by Crippen LogP contribution is -2.05. The predicted octanol–water partition coefficient (Wildman–Crippen LogP) is 4.28. The highest BCUT2D eigenvalue weighted by Crippen LogP contribution is 2.22. The Balaban J connectivity index is 1.71. The number of hydrogen-bond donors (Lipinski definition) is 0. The van der Waals surface area contributed by atoms with Crippen molar-refractivity contribution in [3.05, 3.63) is 70.4 Å². The fourth-order valence-electron chi connectivity index (χ4n) is 2.38. The monoisotopic (exact) mass is 341 g/mol. The topological polar surface area (TPSA) is 47.9 Å². The highest BCUT2D eigenvalue weighted by Gasteiger charge is 2.22. The molecule has 0 saturated heterocycles. The van der Waals surface area contributed by atoms with Crippen LogP contribution in [0.2, 0.25) is 5.02 Å². The maximum atomic E-state index is 11.9. The summed E-state index contributed by atoms with van der Waals surface area (Å²) in [4.78, 5) is 16.2. The first-order chi connectivity index (χ1) is 11.7. The van der Waals surface area contributed by atoms with E-state index >= 15 is 0 Å². The van der Waals surface area contributed by atoms with E-state index in [9.17, 15) is 4.79 Å². The Kier molecular flexibility index (Phi) is 4.96. The van der Waals surface area contributed by atoms with Crippen molar-refractivity contribution < 1.29 is 14.3 Å². The molecule has 0 amide bonds. The molecule has 1 aliphatic heterocycles. The van der Waals surface area contributed by atoms with Crippen molar-refractivity contribution >= 4 is 29.5 Å². The Morgan fingerprint density at radius 2 is 2.00 bits per heavy atom. The van der Waals surface area contributed by atoms with Gasteiger partial charge in [-0.15, -0.1) is 0 Å². The van der Waals surface area contributed by atoms with Crippen LogP contribution < -0.4 is 4.74 Å². The maximum absolute atomic E-state index is 11.9. The number of nitrogens with zero attached hydrogens (tertiary/aromatic N) is 1. The molecule has 0 bridgehead atoms. The van der Waals surface area contributed by atoms with E-state index in [0.717, 1.165) is 16.9 Å². The minimum atomic E-state index is -0.449. The highest BCUT2D eigenvalue weighted by molar-refractivity contribution is 6.32. The summed E-state index contributed by atoms with van der Waals surface area (Å²) >= 11 is 6.10. The summed E-state index contributed by atoms with van der Waals surface area (Å²) in [6.45, 7) is 0. The zero-order valence-electron chi connectivity index (χ0n) is 13.2. The average molecular weight is 342 g/mol. The molecule has 0 N–H and O–H groups in total. The van der Waals surface area contributed by atoms with Crippen LogP contribution >= 0.6 is 11.6 Å². The van der Waals surface area contributed by atoms with Crippen molar-refractivity contribution in [3.8, 4) is 5.75 Å². The van der Waals surface area contributed by atoms with E-state index in [2.05, 4.69) is 4.99 Å². The first-order valence-corrected chi connectivity index (χ1v) is 7.92. The van der Waals surface area contributed by atoms with Crippen molar-refractivity contribution in [3.63, 3.8) is 0 Å². The molecular weight excluding hydrogens is 326 g/mol. The second-order valence-corrected chi connectivity index (χ2v) is 5.70. The molecule has 4 nitrogen and oxygen atoms in total. The molecule has 0 unspecified atom stereocenters. The van der Waals surface area contributed by atoms with Gasteiger partial charge in [-0.3, -0.25) is 0 Å². The molecule has 122 valence electrons. The Bertz CT molecular complexity index is 827. The zero-order valence-corrected chi connectivity index (χ0v) is 13.9. The lowest BCUT2D eigenvalue weighted by Gasteiger charge is -2.03. The quantitative estimate of drug-likeness (QED) is 0.602. The number of aliphatic imine (C=N–C) groups is 1. The Morgan fingerprint density at radius 3 is 2.79 bits per heavy atom. The van der Waals surface area contributed by atoms with Crippen molar-refractivity contribution in [1.29, 1.82) is 0 Å². The summed E-state index contributed by atoms with van der Waals surface area (Å²) in [5.74, 6) is 0.772. The van der Waals surface area contributed by atoms with Crippen LogP contribution in [0.1, 0.15) is 17.5 Å². The van der Waals surface area contributed by atoms with E-state index in [4.69, 9.17) is 21.1 Å². The molecule has 3 rings (SSSR count). The van der Waals surface area contributed by atoms with Crippen LogP contribution in [0, 0.1) is 0 Å². The Hall–Kier alpha value is -2.59. The molecular formula is C19H16ClNO3. The second-order valence-electron chi connectivity index (χ2n) is 5.30. The SMILES string of the molecule is COc1cccc(CCC2=N/C(=C\c3ccccc3Cl)C(=O)O2)c1. The van der Waals surface area contributed by atoms with E-state index in [1.807, 2.05) is 42.5 Å². The van der Waals surface area contributed by atoms with Gasteiger partial charge in [0, 0.05) is 11.4 Å². The third-order valence-corrected chi connectivity index (χ3v) is 3.97. The average Bonchev–Trinajstić information content (AvgIpc) is 2.95. The molecule has 24 heavy (non-hydrogen) atoms. The minimum absolute atomic E-state index is 0.267. The molecule has 0 fully saturated rings. The van der Waals surface area contributed by atoms with Crippen LogP contribution in [0.5, 0.6) is 5.75 Å². The summed E-state index contributed by atoms with van der Waals surface area (Å²) in [6, 6.07) is 15.1. The van der Waals surface area contributed by atoms with Crippen molar-refractivity contribution in [1.82, 2.24) is 0 Å². The Morgan fingerprint density at radius 1 is 1.17 bits per heavy atom. The molecule has 0 radical (unpaired) electrons. The first-order valence-electron chi connectivity index (χ1n) is 7.54. The van der Waals surface area contributed by atoms with Gasteiger partial charge in [-0.2, -0.15) is 0 Å². The molecule has 0 aromatic heterocycles. The van der Waals surface area contributed by atoms with Gasteiger partial charge in [-0.05, 0) is 41.8 Å². The van der Waals surface area contributed by atoms with Gasteiger partial charge in [0.25, 0.3) is 0 Å². The number of carbonyl (C=O) groups excluding carboxylic acids is 1. The van der Waals surface area contributed by atoms with E-state index in [0.29, 0.717) is 23.8 Å². The number of benzene rings is 2. The fraction of sp³-hybridized carbons (Fsp3) is 0.158. The minimum Gasteiger partial charge on any atom is -0.497 e. The summed E-state index contributed by atoms with van der Waals surface area (Å²) in [6.07, 6.45) is 2.89. The number of rotatable bonds is 5. The number of ether oxygens (including phenoxy) is 2. The molecule has 0 aliphatic carbocycles. The van der Waals surface area contributed by atoms with E-state index in [-0.39, 0.29) is 5.70 Å². The number of halogens is 1. The van der Waals surface area contributed by atoms with Gasteiger partial charge in [-0.1, -0.05) is 41.9 Å². The van der Waals surface area contributed by atoms with E-state index in [1.165, 1.54) is 0 Å². The fourth-order valence-corrected chi connectivity index (χ4v) is 2.57. The number of hydrogen-bond acceptors (Lipinski definition) is 4. The molecule has 0 saturated carbocycles. The smallest absolute Gasteiger partial charge is 0.363 e. The number of carbonyl (C=O) groups is 1. The third kappa shape index (κ3) is 3.84. The van der Waals surface area contributed by atoms with Gasteiger partial charge >= 0.3 is 5.97 Å². The van der Waals surface area contributed by atoms with Gasteiger partial charge in [0.2, 0.25) is 0 Å². The summed E-state index contributed by atoms with van der Waals surface area (Å²) in [5.41, 5.74) is 2.10. The van der Waals surface area contributed by atoms with Gasteiger partial charge < -0.3 is 9.47 Å². The standard InChI is InChI=1S/C19H16ClNO3/c1-23-15-7-4-5-13(11-15)9-10-18-21-17(19(22)24-18)12-14-6-2-3-8-16(14)20/h2-8,11-12H,9-10H2,1H3/b17-12-. The molecule has 1 heterocycles. The number of aryl methyl sites for hydroxylation is 1. The van der Waals surface area contributed by atoms with Gasteiger partial charge in [-0.25, -0.2) is 9.79 Å². The number of esters is 1. The largest absolute Gasteiger partial charge is 0.497 e. The van der Waals surface area contributed by atoms with Crippen molar-refractivity contribution in [2.75, 3.05) is 7.11 Å². The molecule has 2 aromatic rings. The second kappa shape index (κ2) is 7.32. The molecule has 5 heteroatoms. The third-order valence-electron chi connectivity index (χ3n) is 3.62. The van der Waals surface area contributed by atoms with Crippen LogP contribution in [0.4, 0.5) is 0 Å². The molecule has 2 aromatic carbocycles. The van der Waals surface area contributed by atoms with Gasteiger partial charge in [0.15, 0.2) is 11.6 Å². The van der Waals surface area contributed by atoms with Crippen LogP contribution in [-0.4, -0.2) is 19.0 Å². The van der Waals surface area contributed by atoms with Crippen LogP contribution in [-0.2, 0) is 16.0 Å². The van der Waals surface area contributed by atoms with Gasteiger partial charge in [0.1, 0.15) is 5.75 Å². The number of cyclic esters (lactones) is 1. The lowest BCUT2D eigenvalue weighted by atomic mass is 10.1. The van der Waals surface area contributed by atoms with Crippen LogP contribution in [0.3, 0.4) is 0 Å². The Labute approximate surface area is 145 Å². The van der Waals surface area contributed by atoms with Gasteiger partial charge in [0.05, 0.1) is 7.11 Å². The molecule has 0 atom stereocenters. The highest BCUT2D eigenvalue weighted by atomic mass is 35.5. The summed E-state index contributed by atoms with van der Waals surface area (Å²) in [7, 11) is 1.63. The number of methoxy groups -OCH3 is 1. The summed E-state index contributed by atoms with van der Waals surface area (Å²) in [5, 5.41) is 0.567. The van der Waals surface area contributed by atoms with Crippen LogP contribution in [0.25, 0.3) is 6.08 Å². The van der Waals surface area contributed by atoms with E-state index in [1.54, 1.807) is 19.3 Å². The van der Waals surface area contributed by atoms with Crippen molar-refractivity contribution in [2.24, 2.45) is 4.99 Å². The van der Waals surface area contributed by atoms with E-state index < -0.39 is 5.97 Å². The van der Waals surface area contributed by atoms with Crippen LogP contribution in [0.15, 0.2) is 59.2 Å². The maximum Gasteiger partial charge on any atom is 0.363 e.